The van der Waals surface area contributed by atoms with Gasteiger partial charge in [-0.25, -0.2) is 0 Å². The van der Waals surface area contributed by atoms with Crippen molar-refractivity contribution in [2.24, 2.45) is 4.99 Å². The molecule has 2 aromatic rings. The van der Waals surface area contributed by atoms with Crippen molar-refractivity contribution in [3.05, 3.63) is 66.2 Å². The zero-order valence-electron chi connectivity index (χ0n) is 16.4. The predicted molar refractivity (Wildman–Crippen MR) is 125 cm³/mol. The zero-order chi connectivity index (χ0) is 18.8. The van der Waals surface area contributed by atoms with Gasteiger partial charge >= 0.3 is 0 Å². The topological polar surface area (TPSA) is 54.9 Å². The predicted octanol–water partition coefficient (Wildman–Crippen LogP) is 3.60. The molecule has 1 saturated heterocycles. The third kappa shape index (κ3) is 6.38. The highest BCUT2D eigenvalue weighted by atomic mass is 127. The maximum Gasteiger partial charge on any atom is 0.191 e. The average Bonchev–Trinajstić information content (AvgIpc) is 2.75. The molecule has 0 spiro atoms. The van der Waals surface area contributed by atoms with Gasteiger partial charge in [-0.05, 0) is 30.5 Å². The van der Waals surface area contributed by atoms with E-state index in [1.807, 2.05) is 30.3 Å². The van der Waals surface area contributed by atoms with Crippen LogP contribution < -0.4 is 15.4 Å². The molecule has 6 heteroatoms. The molecule has 2 N–H and O–H groups in total. The minimum atomic E-state index is 0. The quantitative estimate of drug-likeness (QED) is 0.267. The van der Waals surface area contributed by atoms with Gasteiger partial charge in [0.2, 0.25) is 0 Å². The van der Waals surface area contributed by atoms with E-state index in [1.54, 1.807) is 7.05 Å². The number of rotatable bonds is 7. The van der Waals surface area contributed by atoms with E-state index < -0.39 is 0 Å². The van der Waals surface area contributed by atoms with Gasteiger partial charge in [0.25, 0.3) is 0 Å². The second-order valence-electron chi connectivity index (χ2n) is 6.77. The SMILES string of the molecule is CN=C(NCCOc1ccccc1)NCC1(c2ccccc2)CCOCC1.I. The molecule has 1 heterocycles. The highest BCUT2D eigenvalue weighted by Gasteiger charge is 2.34. The summed E-state index contributed by atoms with van der Waals surface area (Å²) >= 11 is 0. The van der Waals surface area contributed by atoms with Crippen molar-refractivity contribution in [3.8, 4) is 5.75 Å². The molecule has 152 valence electrons. The summed E-state index contributed by atoms with van der Waals surface area (Å²) in [6, 6.07) is 20.6. The first-order valence-electron chi connectivity index (χ1n) is 9.58. The van der Waals surface area contributed by atoms with Gasteiger partial charge in [-0.1, -0.05) is 48.5 Å². The number of nitrogens with one attached hydrogen (secondary N) is 2. The van der Waals surface area contributed by atoms with Crippen molar-refractivity contribution >= 4 is 29.9 Å². The fraction of sp³-hybridized carbons (Fsp3) is 0.409. The van der Waals surface area contributed by atoms with Crippen LogP contribution in [0.3, 0.4) is 0 Å². The summed E-state index contributed by atoms with van der Waals surface area (Å²) in [5.41, 5.74) is 1.45. The van der Waals surface area contributed by atoms with E-state index in [1.165, 1.54) is 5.56 Å². The van der Waals surface area contributed by atoms with Gasteiger partial charge in [0, 0.05) is 32.2 Å². The Hall–Kier alpha value is -1.80. The van der Waals surface area contributed by atoms with Crippen LogP contribution in [-0.4, -0.2) is 45.9 Å². The molecule has 0 saturated carbocycles. The summed E-state index contributed by atoms with van der Waals surface area (Å²) in [6.45, 7) is 3.71. The van der Waals surface area contributed by atoms with E-state index in [2.05, 4.69) is 46.0 Å². The summed E-state index contributed by atoms with van der Waals surface area (Å²) in [7, 11) is 1.80. The van der Waals surface area contributed by atoms with Crippen molar-refractivity contribution in [1.82, 2.24) is 10.6 Å². The number of nitrogens with zero attached hydrogens (tertiary/aromatic N) is 1. The number of benzene rings is 2. The van der Waals surface area contributed by atoms with Crippen molar-refractivity contribution in [3.63, 3.8) is 0 Å². The Bertz CT molecular complexity index is 704. The van der Waals surface area contributed by atoms with Crippen LogP contribution in [0.1, 0.15) is 18.4 Å². The Morgan fingerprint density at radius 1 is 1.00 bits per heavy atom. The van der Waals surface area contributed by atoms with Gasteiger partial charge in [0.15, 0.2) is 5.96 Å². The van der Waals surface area contributed by atoms with Crippen molar-refractivity contribution in [2.75, 3.05) is 40.0 Å². The summed E-state index contributed by atoms with van der Waals surface area (Å²) in [5, 5.41) is 6.84. The van der Waals surface area contributed by atoms with Gasteiger partial charge in [0.05, 0.1) is 6.54 Å². The molecule has 1 fully saturated rings. The van der Waals surface area contributed by atoms with Gasteiger partial charge in [0.1, 0.15) is 12.4 Å². The number of guanidine groups is 1. The van der Waals surface area contributed by atoms with Crippen LogP contribution in [-0.2, 0) is 10.2 Å². The van der Waals surface area contributed by atoms with Crippen LogP contribution in [0.2, 0.25) is 0 Å². The molecule has 0 unspecified atom stereocenters. The zero-order valence-corrected chi connectivity index (χ0v) is 18.7. The Balaban J connectivity index is 0.00000280. The molecule has 28 heavy (non-hydrogen) atoms. The molecule has 0 bridgehead atoms. The first-order valence-corrected chi connectivity index (χ1v) is 9.58. The summed E-state index contributed by atoms with van der Waals surface area (Å²) in [6.07, 6.45) is 2.02. The Labute approximate surface area is 184 Å². The highest BCUT2D eigenvalue weighted by Crippen LogP contribution is 2.34. The van der Waals surface area contributed by atoms with Crippen LogP contribution in [0, 0.1) is 0 Å². The molecule has 0 radical (unpaired) electrons. The van der Waals surface area contributed by atoms with E-state index in [0.717, 1.165) is 44.3 Å². The van der Waals surface area contributed by atoms with Crippen LogP contribution in [0.15, 0.2) is 65.7 Å². The summed E-state index contributed by atoms with van der Waals surface area (Å²) in [4.78, 5) is 4.35. The standard InChI is InChI=1S/C22H29N3O2.HI/c1-23-21(24-14-17-27-20-10-6-3-7-11-20)25-18-22(12-15-26-16-13-22)19-8-4-2-5-9-19;/h2-11H,12-18H2,1H3,(H2,23,24,25);1H. The number of hydrogen-bond acceptors (Lipinski definition) is 3. The maximum atomic E-state index is 5.72. The van der Waals surface area contributed by atoms with Gasteiger partial charge < -0.3 is 20.1 Å². The summed E-state index contributed by atoms with van der Waals surface area (Å²) < 4.78 is 11.3. The lowest BCUT2D eigenvalue weighted by Gasteiger charge is -2.38. The van der Waals surface area contributed by atoms with Crippen LogP contribution >= 0.6 is 24.0 Å². The molecular formula is C22H30IN3O2. The van der Waals surface area contributed by atoms with Crippen molar-refractivity contribution in [1.29, 1.82) is 0 Å². The molecule has 5 nitrogen and oxygen atoms in total. The third-order valence-electron chi connectivity index (χ3n) is 5.06. The number of ether oxygens (including phenoxy) is 2. The fourth-order valence-electron chi connectivity index (χ4n) is 3.45. The van der Waals surface area contributed by atoms with Crippen molar-refractivity contribution in [2.45, 2.75) is 18.3 Å². The second kappa shape index (κ2) is 11.9. The molecule has 3 rings (SSSR count). The van der Waals surface area contributed by atoms with Crippen LogP contribution in [0.5, 0.6) is 5.75 Å². The molecular weight excluding hydrogens is 465 g/mol. The molecule has 0 aliphatic carbocycles. The Kier molecular flexibility index (Phi) is 9.57. The number of hydrogen-bond donors (Lipinski definition) is 2. The number of aliphatic imine (C=N–C) groups is 1. The van der Waals surface area contributed by atoms with Crippen LogP contribution in [0.25, 0.3) is 0 Å². The number of para-hydroxylation sites is 1. The maximum absolute atomic E-state index is 5.72. The molecule has 2 aromatic carbocycles. The van der Waals surface area contributed by atoms with E-state index in [4.69, 9.17) is 9.47 Å². The normalized spacial score (nSPS) is 16.0. The fourth-order valence-corrected chi connectivity index (χ4v) is 3.45. The van der Waals surface area contributed by atoms with Crippen LogP contribution in [0.4, 0.5) is 0 Å². The molecule has 0 aromatic heterocycles. The van der Waals surface area contributed by atoms with Gasteiger partial charge in [-0.2, -0.15) is 0 Å². The van der Waals surface area contributed by atoms with E-state index in [9.17, 15) is 0 Å². The first kappa shape index (κ1) is 22.5. The summed E-state index contributed by atoms with van der Waals surface area (Å²) in [5.74, 6) is 1.68. The average molecular weight is 495 g/mol. The van der Waals surface area contributed by atoms with Gasteiger partial charge in [-0.3, -0.25) is 4.99 Å². The molecule has 0 amide bonds. The molecule has 0 atom stereocenters. The largest absolute Gasteiger partial charge is 0.492 e. The third-order valence-corrected chi connectivity index (χ3v) is 5.06. The monoisotopic (exact) mass is 495 g/mol. The lowest BCUT2D eigenvalue weighted by Crippen LogP contribution is -2.48. The molecule has 1 aliphatic heterocycles. The van der Waals surface area contributed by atoms with E-state index in [0.29, 0.717) is 13.2 Å². The Morgan fingerprint density at radius 2 is 1.64 bits per heavy atom. The highest BCUT2D eigenvalue weighted by molar-refractivity contribution is 14.0. The molecule has 1 aliphatic rings. The van der Waals surface area contributed by atoms with E-state index in [-0.39, 0.29) is 29.4 Å². The van der Waals surface area contributed by atoms with Crippen molar-refractivity contribution < 1.29 is 9.47 Å². The van der Waals surface area contributed by atoms with Gasteiger partial charge in [-0.15, -0.1) is 24.0 Å². The lowest BCUT2D eigenvalue weighted by atomic mass is 9.74. The lowest BCUT2D eigenvalue weighted by molar-refractivity contribution is 0.0514. The van der Waals surface area contributed by atoms with E-state index >= 15 is 0 Å². The smallest absolute Gasteiger partial charge is 0.191 e. The first-order chi connectivity index (χ1) is 13.3. The minimum absolute atomic E-state index is 0. The Morgan fingerprint density at radius 3 is 2.29 bits per heavy atom. The second-order valence-corrected chi connectivity index (χ2v) is 6.77. The number of halogens is 1. The minimum Gasteiger partial charge on any atom is -0.492 e.